The van der Waals surface area contributed by atoms with Crippen molar-refractivity contribution in [2.45, 2.75) is 23.9 Å². The molecule has 2 aromatic heterocycles. The number of hydrogen-bond acceptors (Lipinski definition) is 6. The lowest BCUT2D eigenvalue weighted by molar-refractivity contribution is -0.132. The van der Waals surface area contributed by atoms with E-state index < -0.39 is 0 Å². The van der Waals surface area contributed by atoms with Gasteiger partial charge in [-0.3, -0.25) is 14.8 Å². The minimum Gasteiger partial charge on any atom is -0.339 e. The fourth-order valence-electron chi connectivity index (χ4n) is 3.26. The van der Waals surface area contributed by atoms with Crippen molar-refractivity contribution in [3.63, 3.8) is 0 Å². The third-order valence-electron chi connectivity index (χ3n) is 4.78. The molecule has 1 aliphatic rings. The first kappa shape index (κ1) is 19.2. The number of aromatic amines is 1. The molecule has 1 N–H and O–H groups in total. The Morgan fingerprint density at radius 2 is 1.96 bits per heavy atom. The largest absolute Gasteiger partial charge is 0.339 e. The Labute approximate surface area is 173 Å². The summed E-state index contributed by atoms with van der Waals surface area (Å²) in [5.41, 5.74) is 1.32. The average Bonchev–Trinajstić information content (AvgIpc) is 3.40. The number of rotatable bonds is 6. The second kappa shape index (κ2) is 8.89. The van der Waals surface area contributed by atoms with Crippen LogP contribution in [0.4, 0.5) is 0 Å². The molecule has 0 radical (unpaired) electrons. The maximum absolute atomic E-state index is 12.8. The number of thiophene rings is 1. The van der Waals surface area contributed by atoms with Gasteiger partial charge in [0.1, 0.15) is 0 Å². The molecule has 0 saturated carbocycles. The predicted octanol–water partition coefficient (Wildman–Crippen LogP) is 3.36. The van der Waals surface area contributed by atoms with Crippen LogP contribution >= 0.6 is 23.1 Å². The highest BCUT2D eigenvalue weighted by Gasteiger charge is 2.26. The quantitative estimate of drug-likeness (QED) is 0.628. The molecule has 28 heavy (non-hydrogen) atoms. The van der Waals surface area contributed by atoms with Crippen LogP contribution in [0.3, 0.4) is 0 Å². The molecular weight excluding hydrogens is 390 g/mol. The summed E-state index contributed by atoms with van der Waals surface area (Å²) in [6.07, 6.45) is 0. The molecule has 0 aliphatic carbocycles. The van der Waals surface area contributed by atoms with Crippen molar-refractivity contribution in [3.05, 3.63) is 53.4 Å². The van der Waals surface area contributed by atoms with E-state index in [1.807, 2.05) is 35.4 Å². The van der Waals surface area contributed by atoms with Crippen LogP contribution in [0.25, 0.3) is 10.7 Å². The van der Waals surface area contributed by atoms with Gasteiger partial charge in [-0.25, -0.2) is 4.98 Å². The fourth-order valence-corrected chi connectivity index (χ4v) is 4.73. The van der Waals surface area contributed by atoms with E-state index in [9.17, 15) is 4.79 Å². The van der Waals surface area contributed by atoms with Gasteiger partial charge < -0.3 is 4.90 Å². The molecule has 8 heteroatoms. The topological polar surface area (TPSA) is 65.1 Å². The number of hydrogen-bond donors (Lipinski definition) is 1. The van der Waals surface area contributed by atoms with Crippen molar-refractivity contribution >= 4 is 29.0 Å². The van der Waals surface area contributed by atoms with Gasteiger partial charge in [0.15, 0.2) is 5.82 Å². The molecule has 1 aliphatic heterocycles. The normalized spacial score (nSPS) is 16.2. The van der Waals surface area contributed by atoms with E-state index >= 15 is 0 Å². The van der Waals surface area contributed by atoms with Gasteiger partial charge in [-0.1, -0.05) is 48.2 Å². The van der Waals surface area contributed by atoms with Gasteiger partial charge in [0.05, 0.1) is 10.1 Å². The zero-order valence-corrected chi connectivity index (χ0v) is 17.4. The minimum absolute atomic E-state index is 0.159. The van der Waals surface area contributed by atoms with Gasteiger partial charge in [0.25, 0.3) is 0 Å². The highest BCUT2D eigenvalue weighted by atomic mass is 32.2. The Balaban J connectivity index is 1.28. The standard InChI is InChI=1S/C20H23N5OS2/c1-15(28-20-21-18(22-23-20)17-8-5-13-27-17)19(26)25-11-9-24(10-12-25)14-16-6-3-2-4-7-16/h2-8,13,15H,9-12,14H2,1H3,(H,21,22,23)/t15-/m0/s1. The number of carbonyl (C=O) groups excluding carboxylic acids is 1. The zero-order chi connectivity index (χ0) is 19.3. The zero-order valence-electron chi connectivity index (χ0n) is 15.7. The van der Waals surface area contributed by atoms with E-state index in [0.29, 0.717) is 5.16 Å². The highest BCUT2D eigenvalue weighted by molar-refractivity contribution is 8.00. The number of nitrogens with one attached hydrogen (secondary N) is 1. The van der Waals surface area contributed by atoms with Gasteiger partial charge >= 0.3 is 0 Å². The van der Waals surface area contributed by atoms with Crippen LogP contribution in [-0.2, 0) is 11.3 Å². The smallest absolute Gasteiger partial charge is 0.235 e. The fraction of sp³-hybridized carbons (Fsp3) is 0.350. The molecule has 0 unspecified atom stereocenters. The number of amides is 1. The molecule has 3 heterocycles. The third-order valence-corrected chi connectivity index (χ3v) is 6.61. The molecule has 1 saturated heterocycles. The summed E-state index contributed by atoms with van der Waals surface area (Å²) >= 11 is 3.03. The summed E-state index contributed by atoms with van der Waals surface area (Å²) < 4.78 is 0. The first-order chi connectivity index (χ1) is 13.7. The Kier molecular flexibility index (Phi) is 6.09. The first-order valence-corrected chi connectivity index (χ1v) is 11.1. The Morgan fingerprint density at radius 3 is 2.68 bits per heavy atom. The molecule has 6 nitrogen and oxygen atoms in total. The summed E-state index contributed by atoms with van der Waals surface area (Å²) in [4.78, 5) is 22.7. The SMILES string of the molecule is C[C@H](Sc1n[nH]c(-c2cccs2)n1)C(=O)N1CCN(Cc2ccccc2)CC1. The molecule has 1 atom stereocenters. The number of benzene rings is 1. The minimum atomic E-state index is -0.201. The molecular formula is C20H23N5OS2. The van der Waals surface area contributed by atoms with Crippen LogP contribution in [0.5, 0.6) is 0 Å². The number of piperazine rings is 1. The lowest BCUT2D eigenvalue weighted by Crippen LogP contribution is -2.50. The molecule has 1 aromatic carbocycles. The molecule has 4 rings (SSSR count). The van der Waals surface area contributed by atoms with Crippen molar-refractivity contribution in [1.82, 2.24) is 25.0 Å². The maximum atomic E-state index is 12.8. The molecule has 146 valence electrons. The van der Waals surface area contributed by atoms with Crippen LogP contribution in [-0.4, -0.2) is 62.3 Å². The first-order valence-electron chi connectivity index (χ1n) is 9.37. The Bertz CT molecular complexity index is 888. The third kappa shape index (κ3) is 4.63. The second-order valence-electron chi connectivity index (χ2n) is 6.79. The number of thioether (sulfide) groups is 1. The van der Waals surface area contributed by atoms with Crippen molar-refractivity contribution in [2.75, 3.05) is 26.2 Å². The summed E-state index contributed by atoms with van der Waals surface area (Å²) in [7, 11) is 0. The van der Waals surface area contributed by atoms with Crippen molar-refractivity contribution in [1.29, 1.82) is 0 Å². The van der Waals surface area contributed by atoms with Crippen LogP contribution in [0, 0.1) is 0 Å². The van der Waals surface area contributed by atoms with E-state index in [-0.39, 0.29) is 11.2 Å². The molecule has 0 bridgehead atoms. The van der Waals surface area contributed by atoms with Crippen molar-refractivity contribution in [2.24, 2.45) is 0 Å². The number of H-pyrrole nitrogens is 1. The van der Waals surface area contributed by atoms with Crippen LogP contribution in [0.15, 0.2) is 53.0 Å². The molecule has 3 aromatic rings. The lowest BCUT2D eigenvalue weighted by atomic mass is 10.2. The van der Waals surface area contributed by atoms with E-state index in [0.717, 1.165) is 43.4 Å². The second-order valence-corrected chi connectivity index (χ2v) is 9.05. The van der Waals surface area contributed by atoms with E-state index in [1.165, 1.54) is 17.3 Å². The van der Waals surface area contributed by atoms with Gasteiger partial charge in [0, 0.05) is 32.7 Å². The summed E-state index contributed by atoms with van der Waals surface area (Å²) in [5, 5.41) is 9.64. The van der Waals surface area contributed by atoms with E-state index in [4.69, 9.17) is 0 Å². The van der Waals surface area contributed by atoms with Gasteiger partial charge in [-0.2, -0.15) is 0 Å². The van der Waals surface area contributed by atoms with Crippen molar-refractivity contribution < 1.29 is 4.79 Å². The lowest BCUT2D eigenvalue weighted by Gasteiger charge is -2.35. The highest BCUT2D eigenvalue weighted by Crippen LogP contribution is 2.26. The maximum Gasteiger partial charge on any atom is 0.235 e. The molecule has 0 spiro atoms. The number of carbonyl (C=O) groups is 1. The Hall–Kier alpha value is -2.16. The molecule has 1 amide bonds. The molecule has 1 fully saturated rings. The van der Waals surface area contributed by atoms with E-state index in [2.05, 4.69) is 44.3 Å². The van der Waals surface area contributed by atoms with Gasteiger partial charge in [0.2, 0.25) is 11.1 Å². The Morgan fingerprint density at radius 1 is 1.18 bits per heavy atom. The number of nitrogens with zero attached hydrogens (tertiary/aromatic N) is 4. The van der Waals surface area contributed by atoms with Crippen LogP contribution in [0.2, 0.25) is 0 Å². The van der Waals surface area contributed by atoms with Gasteiger partial charge in [-0.05, 0) is 23.9 Å². The average molecular weight is 414 g/mol. The summed E-state index contributed by atoms with van der Waals surface area (Å²) in [5.74, 6) is 0.915. The summed E-state index contributed by atoms with van der Waals surface area (Å²) in [6, 6.07) is 14.5. The summed E-state index contributed by atoms with van der Waals surface area (Å²) in [6.45, 7) is 6.22. The predicted molar refractivity (Wildman–Crippen MR) is 113 cm³/mol. The van der Waals surface area contributed by atoms with Crippen LogP contribution in [0.1, 0.15) is 12.5 Å². The van der Waals surface area contributed by atoms with Gasteiger partial charge in [-0.15, -0.1) is 16.4 Å². The van der Waals surface area contributed by atoms with E-state index in [1.54, 1.807) is 11.3 Å². The number of aromatic nitrogens is 3. The monoisotopic (exact) mass is 413 g/mol. The van der Waals surface area contributed by atoms with Crippen molar-refractivity contribution in [3.8, 4) is 10.7 Å². The van der Waals surface area contributed by atoms with Crippen LogP contribution < -0.4 is 0 Å².